The van der Waals surface area contributed by atoms with Crippen molar-refractivity contribution in [2.45, 2.75) is 51.8 Å². The van der Waals surface area contributed by atoms with Crippen LogP contribution in [-0.4, -0.2) is 42.1 Å². The third-order valence-electron chi connectivity index (χ3n) is 2.12. The molecular weight excluding hydrogens is 263 g/mol. The molecule has 0 aliphatic carbocycles. The second kappa shape index (κ2) is 6.77. The monoisotopic (exact) mass is 283 g/mol. The van der Waals surface area contributed by atoms with Crippen LogP contribution in [0.25, 0.3) is 0 Å². The Morgan fingerprint density at radius 1 is 1.11 bits per heavy atom. The summed E-state index contributed by atoms with van der Waals surface area (Å²) in [5, 5.41) is 0. The van der Waals surface area contributed by atoms with E-state index >= 15 is 0 Å². The second-order valence-corrected chi connectivity index (χ2v) is 5.27. The average molecular weight is 283 g/mol. The van der Waals surface area contributed by atoms with Crippen LogP contribution in [0.5, 0.6) is 0 Å². The van der Waals surface area contributed by atoms with Crippen LogP contribution in [0.2, 0.25) is 0 Å². The van der Waals surface area contributed by atoms with Gasteiger partial charge >= 0.3 is 12.1 Å². The molecule has 19 heavy (non-hydrogen) atoms. The van der Waals surface area contributed by atoms with E-state index in [4.69, 9.17) is 4.74 Å². The van der Waals surface area contributed by atoms with Gasteiger partial charge < -0.3 is 9.64 Å². The lowest BCUT2D eigenvalue weighted by Crippen LogP contribution is -2.31. The lowest BCUT2D eigenvalue weighted by molar-refractivity contribution is -0.157. The zero-order chi connectivity index (χ0) is 15.3. The fourth-order valence-corrected chi connectivity index (χ4v) is 1.21. The van der Waals surface area contributed by atoms with Gasteiger partial charge in [0.05, 0.1) is 12.8 Å². The van der Waals surface area contributed by atoms with E-state index in [1.54, 1.807) is 20.8 Å². The molecule has 0 N–H and O–H groups in total. The van der Waals surface area contributed by atoms with Gasteiger partial charge in [0.15, 0.2) is 0 Å². The number of carbonyl (C=O) groups is 2. The van der Waals surface area contributed by atoms with Crippen molar-refractivity contribution in [1.29, 1.82) is 0 Å². The molecule has 0 fully saturated rings. The molecule has 0 heterocycles. The first-order valence-electron chi connectivity index (χ1n) is 5.93. The maximum absolute atomic E-state index is 12.0. The zero-order valence-electron chi connectivity index (χ0n) is 11.6. The van der Waals surface area contributed by atoms with E-state index in [0.717, 1.165) is 4.90 Å². The molecule has 112 valence electrons. The minimum atomic E-state index is -4.29. The van der Waals surface area contributed by atoms with Crippen molar-refractivity contribution in [1.82, 2.24) is 4.90 Å². The Bertz CT molecular complexity index is 321. The summed E-state index contributed by atoms with van der Waals surface area (Å²) in [6.45, 7) is 4.68. The molecular formula is C12H20F3NO3. The maximum atomic E-state index is 12.0. The summed E-state index contributed by atoms with van der Waals surface area (Å²) in [7, 11) is 1.28. The molecule has 0 bridgehead atoms. The molecule has 0 saturated carbocycles. The van der Waals surface area contributed by atoms with Crippen LogP contribution in [0.4, 0.5) is 13.2 Å². The zero-order valence-corrected chi connectivity index (χ0v) is 11.6. The van der Waals surface area contributed by atoms with Crippen LogP contribution in [0.15, 0.2) is 0 Å². The average Bonchev–Trinajstić information content (AvgIpc) is 2.19. The van der Waals surface area contributed by atoms with Gasteiger partial charge in [0.2, 0.25) is 5.91 Å². The number of hydrogen-bond acceptors (Lipinski definition) is 3. The molecule has 0 spiro atoms. The third kappa shape index (κ3) is 10.3. The lowest BCUT2D eigenvalue weighted by Gasteiger charge is -2.20. The van der Waals surface area contributed by atoms with Gasteiger partial charge in [0, 0.05) is 20.0 Å². The molecule has 0 rings (SSSR count). The molecule has 0 aliphatic rings. The number of hydrogen-bond donors (Lipinski definition) is 0. The third-order valence-corrected chi connectivity index (χ3v) is 2.12. The minimum Gasteiger partial charge on any atom is -0.460 e. The van der Waals surface area contributed by atoms with Crippen LogP contribution in [0.3, 0.4) is 0 Å². The number of amides is 1. The number of nitrogens with zero attached hydrogens (tertiary/aromatic N) is 1. The number of alkyl halides is 3. The number of halogens is 3. The first-order chi connectivity index (χ1) is 8.41. The SMILES string of the molecule is CN(CCC(F)(F)F)C(=O)CCC(=O)OC(C)(C)C. The summed E-state index contributed by atoms with van der Waals surface area (Å²) < 4.78 is 40.9. The normalized spacial score (nSPS) is 12.2. The highest BCUT2D eigenvalue weighted by atomic mass is 19.4. The molecule has 0 atom stereocenters. The van der Waals surface area contributed by atoms with Crippen LogP contribution in [0, 0.1) is 0 Å². The summed E-state index contributed by atoms with van der Waals surface area (Å²) >= 11 is 0. The molecule has 4 nitrogen and oxygen atoms in total. The largest absolute Gasteiger partial charge is 0.460 e. The van der Waals surface area contributed by atoms with E-state index in [1.165, 1.54) is 7.05 Å². The summed E-state index contributed by atoms with van der Waals surface area (Å²) in [4.78, 5) is 23.8. The van der Waals surface area contributed by atoms with Crippen LogP contribution in [-0.2, 0) is 14.3 Å². The molecule has 1 amide bonds. The first kappa shape index (κ1) is 17.7. The quantitative estimate of drug-likeness (QED) is 0.728. The molecule has 7 heteroatoms. The van der Waals surface area contributed by atoms with E-state index in [-0.39, 0.29) is 12.8 Å². The summed E-state index contributed by atoms with van der Waals surface area (Å²) in [5.41, 5.74) is -0.637. The fourth-order valence-electron chi connectivity index (χ4n) is 1.21. The van der Waals surface area contributed by atoms with Crippen LogP contribution < -0.4 is 0 Å². The molecule has 0 radical (unpaired) electrons. The highest BCUT2D eigenvalue weighted by Gasteiger charge is 2.28. The molecule has 0 aromatic heterocycles. The molecule has 0 unspecified atom stereocenters. The summed E-state index contributed by atoms with van der Waals surface area (Å²) in [6.07, 6.45) is -5.63. The minimum absolute atomic E-state index is 0.132. The van der Waals surface area contributed by atoms with Crippen molar-refractivity contribution < 1.29 is 27.5 Å². The van der Waals surface area contributed by atoms with Crippen molar-refractivity contribution >= 4 is 11.9 Å². The Balaban J connectivity index is 4.01. The predicted octanol–water partition coefficient (Wildman–Crippen LogP) is 2.52. The van der Waals surface area contributed by atoms with E-state index in [0.29, 0.717) is 0 Å². The fraction of sp³-hybridized carbons (Fsp3) is 0.833. The van der Waals surface area contributed by atoms with Gasteiger partial charge in [-0.3, -0.25) is 9.59 Å². The summed E-state index contributed by atoms with van der Waals surface area (Å²) in [6, 6.07) is 0. The topological polar surface area (TPSA) is 46.6 Å². The lowest BCUT2D eigenvalue weighted by atomic mass is 10.2. The van der Waals surface area contributed by atoms with Crippen molar-refractivity contribution in [3.05, 3.63) is 0 Å². The Labute approximate surface area is 110 Å². The second-order valence-electron chi connectivity index (χ2n) is 5.27. The van der Waals surface area contributed by atoms with Crippen molar-refractivity contribution in [2.75, 3.05) is 13.6 Å². The number of carbonyl (C=O) groups excluding carboxylic acids is 2. The summed E-state index contributed by atoms with van der Waals surface area (Å²) in [5.74, 6) is -1.04. The Hall–Kier alpha value is -1.27. The molecule has 0 saturated heterocycles. The molecule has 0 aliphatic heterocycles. The van der Waals surface area contributed by atoms with Crippen molar-refractivity contribution in [3.8, 4) is 0 Å². The van der Waals surface area contributed by atoms with E-state index in [1.807, 2.05) is 0 Å². The smallest absolute Gasteiger partial charge is 0.390 e. The first-order valence-corrected chi connectivity index (χ1v) is 5.93. The maximum Gasteiger partial charge on any atom is 0.390 e. The Morgan fingerprint density at radius 3 is 2.05 bits per heavy atom. The van der Waals surface area contributed by atoms with Crippen LogP contribution in [0.1, 0.15) is 40.0 Å². The standard InChI is InChI=1S/C12H20F3NO3/c1-11(2,3)19-10(18)6-5-9(17)16(4)8-7-12(13,14)15/h5-8H2,1-4H3. The number of esters is 1. The van der Waals surface area contributed by atoms with E-state index < -0.39 is 36.6 Å². The van der Waals surface area contributed by atoms with Gasteiger partial charge in [-0.15, -0.1) is 0 Å². The van der Waals surface area contributed by atoms with Gasteiger partial charge in [-0.1, -0.05) is 0 Å². The van der Waals surface area contributed by atoms with E-state index in [2.05, 4.69) is 0 Å². The van der Waals surface area contributed by atoms with Gasteiger partial charge in [0.1, 0.15) is 5.60 Å². The highest BCUT2D eigenvalue weighted by molar-refractivity contribution is 5.81. The highest BCUT2D eigenvalue weighted by Crippen LogP contribution is 2.19. The van der Waals surface area contributed by atoms with Gasteiger partial charge in [0.25, 0.3) is 0 Å². The van der Waals surface area contributed by atoms with Crippen molar-refractivity contribution in [2.24, 2.45) is 0 Å². The number of ether oxygens (including phenoxy) is 1. The van der Waals surface area contributed by atoms with Gasteiger partial charge in [-0.05, 0) is 20.8 Å². The van der Waals surface area contributed by atoms with Gasteiger partial charge in [-0.2, -0.15) is 13.2 Å². The molecule has 0 aromatic carbocycles. The molecule has 0 aromatic rings. The van der Waals surface area contributed by atoms with E-state index in [9.17, 15) is 22.8 Å². The number of rotatable bonds is 5. The predicted molar refractivity (Wildman–Crippen MR) is 63.4 cm³/mol. The Morgan fingerprint density at radius 2 is 1.63 bits per heavy atom. The van der Waals surface area contributed by atoms with Gasteiger partial charge in [-0.25, -0.2) is 0 Å². The van der Waals surface area contributed by atoms with Crippen molar-refractivity contribution in [3.63, 3.8) is 0 Å². The van der Waals surface area contributed by atoms with Crippen LogP contribution >= 0.6 is 0 Å². The Kier molecular flexibility index (Phi) is 6.32.